The van der Waals surface area contributed by atoms with Crippen molar-refractivity contribution in [3.63, 3.8) is 0 Å². The molecule has 0 bridgehead atoms. The predicted molar refractivity (Wildman–Crippen MR) is 81.6 cm³/mol. The quantitative estimate of drug-likeness (QED) is 0.748. The molecule has 0 amide bonds. The first kappa shape index (κ1) is 14.7. The molecule has 1 aromatic heterocycles. The average molecular weight is 270 g/mol. The van der Waals surface area contributed by atoms with Crippen molar-refractivity contribution in [2.45, 2.75) is 19.4 Å². The van der Waals surface area contributed by atoms with E-state index in [1.165, 1.54) is 11.1 Å². The van der Waals surface area contributed by atoms with Crippen LogP contribution in [0.15, 0.2) is 54.9 Å². The zero-order valence-electron chi connectivity index (χ0n) is 12.0. The van der Waals surface area contributed by atoms with Crippen LogP contribution in [-0.4, -0.2) is 24.7 Å². The van der Waals surface area contributed by atoms with E-state index in [2.05, 4.69) is 46.7 Å². The van der Waals surface area contributed by atoms with Gasteiger partial charge in [-0.1, -0.05) is 30.3 Å². The van der Waals surface area contributed by atoms with Crippen molar-refractivity contribution < 1.29 is 4.74 Å². The highest BCUT2D eigenvalue weighted by atomic mass is 16.5. The molecule has 1 N–H and O–H groups in total. The molecule has 1 atom stereocenters. The van der Waals surface area contributed by atoms with Crippen molar-refractivity contribution in [3.05, 3.63) is 66.0 Å². The lowest BCUT2D eigenvalue weighted by molar-refractivity contribution is 0.144. The third kappa shape index (κ3) is 4.44. The van der Waals surface area contributed by atoms with Gasteiger partial charge < -0.3 is 10.1 Å². The zero-order valence-corrected chi connectivity index (χ0v) is 12.0. The van der Waals surface area contributed by atoms with Crippen LogP contribution < -0.4 is 5.32 Å². The Morgan fingerprint density at radius 1 is 1.05 bits per heavy atom. The summed E-state index contributed by atoms with van der Waals surface area (Å²) in [5.74, 6) is 0. The predicted octanol–water partition coefficient (Wildman–Crippen LogP) is 3.19. The molecule has 20 heavy (non-hydrogen) atoms. The monoisotopic (exact) mass is 270 g/mol. The molecule has 1 heterocycles. The molecule has 0 aliphatic carbocycles. The number of ether oxygens (including phenoxy) is 1. The molecule has 106 valence electrons. The molecule has 2 rings (SSSR count). The van der Waals surface area contributed by atoms with Gasteiger partial charge in [-0.15, -0.1) is 0 Å². The Balaban J connectivity index is 2.02. The Bertz CT molecular complexity index is 433. The Hall–Kier alpha value is -1.71. The lowest BCUT2D eigenvalue weighted by Gasteiger charge is -2.19. The molecule has 0 saturated carbocycles. The molecule has 0 unspecified atom stereocenters. The Morgan fingerprint density at radius 3 is 2.45 bits per heavy atom. The molecule has 3 heteroatoms. The van der Waals surface area contributed by atoms with E-state index in [1.54, 1.807) is 0 Å². The van der Waals surface area contributed by atoms with Gasteiger partial charge in [0.2, 0.25) is 0 Å². The topological polar surface area (TPSA) is 34.1 Å². The van der Waals surface area contributed by atoms with Crippen molar-refractivity contribution in [2.24, 2.45) is 0 Å². The lowest BCUT2D eigenvalue weighted by Crippen LogP contribution is -2.24. The largest absolute Gasteiger partial charge is 0.382 e. The summed E-state index contributed by atoms with van der Waals surface area (Å²) in [7, 11) is 0. The van der Waals surface area contributed by atoms with E-state index in [9.17, 15) is 0 Å². The van der Waals surface area contributed by atoms with Gasteiger partial charge in [-0.25, -0.2) is 0 Å². The molecule has 0 saturated heterocycles. The molecule has 1 aromatic carbocycles. The number of rotatable bonds is 8. The van der Waals surface area contributed by atoms with E-state index >= 15 is 0 Å². The smallest absolute Gasteiger partial charge is 0.0577 e. The van der Waals surface area contributed by atoms with Crippen LogP contribution in [0.25, 0.3) is 0 Å². The van der Waals surface area contributed by atoms with Crippen LogP contribution in [0.2, 0.25) is 0 Å². The highest BCUT2D eigenvalue weighted by molar-refractivity contribution is 5.30. The van der Waals surface area contributed by atoms with Gasteiger partial charge in [-0.05, 0) is 43.1 Å². The van der Waals surface area contributed by atoms with Crippen LogP contribution >= 0.6 is 0 Å². The van der Waals surface area contributed by atoms with Gasteiger partial charge in [0.15, 0.2) is 0 Å². The summed E-state index contributed by atoms with van der Waals surface area (Å²) >= 11 is 0. The Morgan fingerprint density at radius 2 is 1.75 bits per heavy atom. The third-order valence-corrected chi connectivity index (χ3v) is 3.19. The maximum absolute atomic E-state index is 5.38. The van der Waals surface area contributed by atoms with Gasteiger partial charge >= 0.3 is 0 Å². The van der Waals surface area contributed by atoms with E-state index in [4.69, 9.17) is 4.74 Å². The van der Waals surface area contributed by atoms with Crippen LogP contribution in [0.4, 0.5) is 0 Å². The Labute approximate surface area is 121 Å². The molecule has 0 spiro atoms. The zero-order chi connectivity index (χ0) is 14.0. The fourth-order valence-corrected chi connectivity index (χ4v) is 2.19. The van der Waals surface area contributed by atoms with Crippen LogP contribution in [0.5, 0.6) is 0 Å². The molecule has 0 aliphatic rings. The van der Waals surface area contributed by atoms with E-state index in [0.717, 1.165) is 26.2 Å². The number of aromatic nitrogens is 1. The summed E-state index contributed by atoms with van der Waals surface area (Å²) in [6.45, 7) is 4.55. The molecule has 0 radical (unpaired) electrons. The van der Waals surface area contributed by atoms with Crippen molar-refractivity contribution >= 4 is 0 Å². The average Bonchev–Trinajstić information content (AvgIpc) is 2.53. The number of benzene rings is 1. The standard InChI is InChI=1S/C17H22N2O/c1-2-20-14-6-11-19-17(15-7-4-3-5-8-15)16-9-12-18-13-10-16/h3-5,7-10,12-13,17,19H,2,6,11,14H2,1H3/t17-/m1/s1. The number of pyridine rings is 1. The summed E-state index contributed by atoms with van der Waals surface area (Å²) in [5.41, 5.74) is 2.51. The van der Waals surface area contributed by atoms with Gasteiger partial charge in [0.1, 0.15) is 0 Å². The second-order valence-corrected chi connectivity index (χ2v) is 4.63. The minimum Gasteiger partial charge on any atom is -0.382 e. The fraction of sp³-hybridized carbons (Fsp3) is 0.353. The van der Waals surface area contributed by atoms with E-state index in [-0.39, 0.29) is 6.04 Å². The van der Waals surface area contributed by atoms with Crippen molar-refractivity contribution in [1.82, 2.24) is 10.3 Å². The minimum atomic E-state index is 0.209. The lowest BCUT2D eigenvalue weighted by atomic mass is 9.99. The van der Waals surface area contributed by atoms with Crippen LogP contribution in [0.3, 0.4) is 0 Å². The molecule has 0 aliphatic heterocycles. The van der Waals surface area contributed by atoms with Gasteiger partial charge in [-0.3, -0.25) is 4.98 Å². The van der Waals surface area contributed by atoms with Crippen LogP contribution in [-0.2, 0) is 4.74 Å². The first-order chi connectivity index (χ1) is 9.92. The first-order valence-corrected chi connectivity index (χ1v) is 7.18. The van der Waals surface area contributed by atoms with Crippen LogP contribution in [0.1, 0.15) is 30.5 Å². The number of nitrogens with zero attached hydrogens (tertiary/aromatic N) is 1. The second kappa shape index (κ2) is 8.46. The number of hydrogen-bond acceptors (Lipinski definition) is 3. The maximum atomic E-state index is 5.38. The van der Waals surface area contributed by atoms with Gasteiger partial charge in [-0.2, -0.15) is 0 Å². The summed E-state index contributed by atoms with van der Waals surface area (Å²) < 4.78 is 5.38. The second-order valence-electron chi connectivity index (χ2n) is 4.63. The SMILES string of the molecule is CCOCCCN[C@H](c1ccccc1)c1ccncc1. The first-order valence-electron chi connectivity index (χ1n) is 7.18. The maximum Gasteiger partial charge on any atom is 0.0577 e. The molecule has 2 aromatic rings. The van der Waals surface area contributed by atoms with Gasteiger partial charge in [0.25, 0.3) is 0 Å². The van der Waals surface area contributed by atoms with Crippen molar-refractivity contribution in [1.29, 1.82) is 0 Å². The van der Waals surface area contributed by atoms with E-state index in [0.29, 0.717) is 0 Å². The number of hydrogen-bond donors (Lipinski definition) is 1. The summed E-state index contributed by atoms with van der Waals surface area (Å²) in [4.78, 5) is 4.09. The normalized spacial score (nSPS) is 12.2. The Kier molecular flexibility index (Phi) is 6.21. The number of nitrogens with one attached hydrogen (secondary N) is 1. The third-order valence-electron chi connectivity index (χ3n) is 3.19. The molecule has 0 fully saturated rings. The van der Waals surface area contributed by atoms with Crippen molar-refractivity contribution in [3.8, 4) is 0 Å². The minimum absolute atomic E-state index is 0.209. The van der Waals surface area contributed by atoms with Gasteiger partial charge in [0, 0.05) is 25.6 Å². The van der Waals surface area contributed by atoms with Crippen LogP contribution in [0, 0.1) is 0 Å². The highest BCUT2D eigenvalue weighted by Crippen LogP contribution is 2.21. The van der Waals surface area contributed by atoms with E-state index < -0.39 is 0 Å². The molecule has 3 nitrogen and oxygen atoms in total. The highest BCUT2D eigenvalue weighted by Gasteiger charge is 2.12. The van der Waals surface area contributed by atoms with Gasteiger partial charge in [0.05, 0.1) is 6.04 Å². The molecular formula is C17H22N2O. The van der Waals surface area contributed by atoms with E-state index in [1.807, 2.05) is 25.4 Å². The van der Waals surface area contributed by atoms with Crippen molar-refractivity contribution in [2.75, 3.05) is 19.8 Å². The summed E-state index contributed by atoms with van der Waals surface area (Å²) in [6, 6.07) is 14.8. The fourth-order valence-electron chi connectivity index (χ4n) is 2.19. The molecular weight excluding hydrogens is 248 g/mol. The summed E-state index contributed by atoms with van der Waals surface area (Å²) in [5, 5.41) is 3.60. The summed E-state index contributed by atoms with van der Waals surface area (Å²) in [6.07, 6.45) is 4.70.